The molecule has 3 N–H and O–H groups in total. The first-order valence-electron chi connectivity index (χ1n) is 5.42. The lowest BCUT2D eigenvalue weighted by atomic mass is 10.1. The van der Waals surface area contributed by atoms with Crippen LogP contribution in [0, 0.1) is 12.7 Å². The molecule has 0 fully saturated rings. The van der Waals surface area contributed by atoms with E-state index in [-0.39, 0.29) is 11.9 Å². The summed E-state index contributed by atoms with van der Waals surface area (Å²) in [7, 11) is 0. The normalized spacial score (nSPS) is 12.7. The predicted molar refractivity (Wildman–Crippen MR) is 74.7 cm³/mol. The van der Waals surface area contributed by atoms with Crippen LogP contribution in [-0.2, 0) is 6.42 Å². The van der Waals surface area contributed by atoms with Gasteiger partial charge in [-0.1, -0.05) is 6.07 Å². The van der Waals surface area contributed by atoms with Gasteiger partial charge >= 0.3 is 0 Å². The number of hydrogen-bond donors (Lipinski definition) is 2. The minimum atomic E-state index is -0.260. The van der Waals surface area contributed by atoms with Gasteiger partial charge in [0.05, 0.1) is 15.5 Å². The molecule has 0 radical (unpaired) electrons. The number of aryl methyl sites for hydroxylation is 1. The van der Waals surface area contributed by atoms with Crippen molar-refractivity contribution in [3.63, 3.8) is 0 Å². The molecule has 0 aliphatic rings. The minimum absolute atomic E-state index is 0.00596. The fourth-order valence-electron chi connectivity index (χ4n) is 1.68. The smallest absolute Gasteiger partial charge is 0.137 e. The monoisotopic (exact) mass is 329 g/mol. The molecule has 0 spiro atoms. The van der Waals surface area contributed by atoms with Gasteiger partial charge in [-0.3, -0.25) is 11.3 Å². The summed E-state index contributed by atoms with van der Waals surface area (Å²) in [4.78, 5) is 5.29. The number of rotatable bonds is 4. The second-order valence-electron chi connectivity index (χ2n) is 3.95. The summed E-state index contributed by atoms with van der Waals surface area (Å²) in [6, 6.07) is 4.98. The Labute approximate surface area is 117 Å². The number of thiazole rings is 1. The molecule has 1 aromatic carbocycles. The largest absolute Gasteiger partial charge is 0.271 e. The van der Waals surface area contributed by atoms with E-state index >= 15 is 0 Å². The summed E-state index contributed by atoms with van der Waals surface area (Å²) >= 11 is 4.79. The molecular weight excluding hydrogens is 317 g/mol. The Morgan fingerprint density at radius 3 is 2.89 bits per heavy atom. The third-order valence-electron chi connectivity index (χ3n) is 2.61. The van der Waals surface area contributed by atoms with Crippen LogP contribution in [-0.4, -0.2) is 4.98 Å². The summed E-state index contributed by atoms with van der Waals surface area (Å²) in [6.07, 6.45) is 2.51. The van der Waals surface area contributed by atoms with E-state index in [2.05, 4.69) is 26.3 Å². The topological polar surface area (TPSA) is 50.9 Å². The number of hydrazine groups is 1. The van der Waals surface area contributed by atoms with Crippen molar-refractivity contribution in [2.24, 2.45) is 5.84 Å². The summed E-state index contributed by atoms with van der Waals surface area (Å²) in [5.41, 5.74) is 3.79. The van der Waals surface area contributed by atoms with Crippen LogP contribution in [0.4, 0.5) is 4.39 Å². The maximum atomic E-state index is 13.1. The Bertz CT molecular complexity index is 544. The zero-order valence-corrected chi connectivity index (χ0v) is 12.2. The van der Waals surface area contributed by atoms with Crippen molar-refractivity contribution in [2.45, 2.75) is 19.4 Å². The molecular formula is C12H13BrFN3S. The fourth-order valence-corrected chi connectivity index (χ4v) is 2.95. The van der Waals surface area contributed by atoms with Crippen LogP contribution in [0.3, 0.4) is 0 Å². The fraction of sp³-hybridized carbons (Fsp3) is 0.250. The van der Waals surface area contributed by atoms with Gasteiger partial charge in [-0.05, 0) is 47.0 Å². The maximum absolute atomic E-state index is 13.1. The van der Waals surface area contributed by atoms with Gasteiger partial charge in [0.15, 0.2) is 0 Å². The molecule has 0 aliphatic carbocycles. The molecule has 3 nitrogen and oxygen atoms in total. The minimum Gasteiger partial charge on any atom is -0.271 e. The van der Waals surface area contributed by atoms with E-state index in [0.29, 0.717) is 10.9 Å². The van der Waals surface area contributed by atoms with Gasteiger partial charge in [-0.2, -0.15) is 0 Å². The van der Waals surface area contributed by atoms with Gasteiger partial charge in [0, 0.05) is 11.1 Å². The van der Waals surface area contributed by atoms with Gasteiger partial charge in [0.25, 0.3) is 0 Å². The first kappa shape index (κ1) is 13.6. The van der Waals surface area contributed by atoms with E-state index in [4.69, 9.17) is 5.84 Å². The molecule has 0 saturated heterocycles. The first-order chi connectivity index (χ1) is 8.60. The van der Waals surface area contributed by atoms with Gasteiger partial charge in [0.2, 0.25) is 0 Å². The van der Waals surface area contributed by atoms with Crippen molar-refractivity contribution in [3.8, 4) is 0 Å². The molecule has 1 aromatic heterocycles. The number of nitrogens with two attached hydrogens (primary N) is 1. The Hall–Kier alpha value is -0.820. The van der Waals surface area contributed by atoms with Crippen LogP contribution in [0.5, 0.6) is 0 Å². The molecule has 0 bridgehead atoms. The van der Waals surface area contributed by atoms with E-state index in [1.165, 1.54) is 6.07 Å². The van der Waals surface area contributed by atoms with Crippen molar-refractivity contribution >= 4 is 27.3 Å². The molecule has 1 atom stereocenters. The molecule has 6 heteroatoms. The SMILES string of the molecule is Cc1ncc(C(Cc2ccc(F)c(Br)c2)NN)s1. The maximum Gasteiger partial charge on any atom is 0.137 e. The van der Waals surface area contributed by atoms with Crippen molar-refractivity contribution in [1.29, 1.82) is 0 Å². The molecule has 0 amide bonds. The molecule has 0 aliphatic heterocycles. The third kappa shape index (κ3) is 3.14. The predicted octanol–water partition coefficient (Wildman–Crippen LogP) is 3.10. The molecule has 0 saturated carbocycles. The zero-order valence-electron chi connectivity index (χ0n) is 9.78. The number of aromatic nitrogens is 1. The van der Waals surface area contributed by atoms with Crippen molar-refractivity contribution < 1.29 is 4.39 Å². The van der Waals surface area contributed by atoms with Crippen molar-refractivity contribution in [3.05, 3.63) is 50.1 Å². The standard InChI is InChI=1S/C12H13BrFN3S/c1-7-16-6-12(18-7)11(17-15)5-8-2-3-10(14)9(13)4-8/h2-4,6,11,17H,5,15H2,1H3. The van der Waals surface area contributed by atoms with Crippen LogP contribution in [0.2, 0.25) is 0 Å². The number of benzene rings is 1. The van der Waals surface area contributed by atoms with E-state index in [1.54, 1.807) is 23.5 Å². The average molecular weight is 330 g/mol. The molecule has 18 heavy (non-hydrogen) atoms. The Kier molecular flexibility index (Phi) is 4.45. The highest BCUT2D eigenvalue weighted by Gasteiger charge is 2.14. The summed E-state index contributed by atoms with van der Waals surface area (Å²) in [5, 5.41) is 1.01. The van der Waals surface area contributed by atoms with E-state index < -0.39 is 0 Å². The van der Waals surface area contributed by atoms with Crippen LogP contribution >= 0.6 is 27.3 Å². The zero-order chi connectivity index (χ0) is 13.1. The Morgan fingerprint density at radius 1 is 1.56 bits per heavy atom. The quantitative estimate of drug-likeness (QED) is 0.669. The lowest BCUT2D eigenvalue weighted by molar-refractivity contribution is 0.558. The van der Waals surface area contributed by atoms with Crippen LogP contribution < -0.4 is 11.3 Å². The summed E-state index contributed by atoms with van der Waals surface area (Å²) in [5.74, 6) is 5.31. The van der Waals surface area contributed by atoms with Gasteiger partial charge in [-0.15, -0.1) is 11.3 Å². The van der Waals surface area contributed by atoms with E-state index in [9.17, 15) is 4.39 Å². The van der Waals surface area contributed by atoms with E-state index in [1.807, 2.05) is 13.1 Å². The Balaban J connectivity index is 2.17. The average Bonchev–Trinajstić information content (AvgIpc) is 2.77. The van der Waals surface area contributed by atoms with Crippen LogP contribution in [0.25, 0.3) is 0 Å². The van der Waals surface area contributed by atoms with Crippen LogP contribution in [0.1, 0.15) is 21.5 Å². The molecule has 2 rings (SSSR count). The number of halogens is 2. The first-order valence-corrected chi connectivity index (χ1v) is 7.03. The van der Waals surface area contributed by atoms with E-state index in [0.717, 1.165) is 15.4 Å². The number of hydrogen-bond acceptors (Lipinski definition) is 4. The third-order valence-corrected chi connectivity index (χ3v) is 4.24. The summed E-state index contributed by atoms with van der Waals surface area (Å²) < 4.78 is 13.6. The van der Waals surface area contributed by atoms with Crippen molar-refractivity contribution in [2.75, 3.05) is 0 Å². The number of nitrogens with zero attached hydrogens (tertiary/aromatic N) is 1. The number of nitrogens with one attached hydrogen (secondary N) is 1. The van der Waals surface area contributed by atoms with Crippen LogP contribution in [0.15, 0.2) is 28.9 Å². The second-order valence-corrected chi connectivity index (χ2v) is 6.07. The Morgan fingerprint density at radius 2 is 2.33 bits per heavy atom. The highest BCUT2D eigenvalue weighted by Crippen LogP contribution is 2.25. The lowest BCUT2D eigenvalue weighted by Gasteiger charge is -2.14. The molecule has 2 aromatic rings. The molecule has 1 heterocycles. The molecule has 96 valence electrons. The van der Waals surface area contributed by atoms with Gasteiger partial charge in [-0.25, -0.2) is 9.37 Å². The molecule has 1 unspecified atom stereocenters. The highest BCUT2D eigenvalue weighted by atomic mass is 79.9. The highest BCUT2D eigenvalue weighted by molar-refractivity contribution is 9.10. The lowest BCUT2D eigenvalue weighted by Crippen LogP contribution is -2.29. The van der Waals surface area contributed by atoms with Crippen molar-refractivity contribution in [1.82, 2.24) is 10.4 Å². The van der Waals surface area contributed by atoms with Gasteiger partial charge in [0.1, 0.15) is 5.82 Å². The summed E-state index contributed by atoms with van der Waals surface area (Å²) in [6.45, 7) is 1.95. The second kappa shape index (κ2) is 5.88. The van der Waals surface area contributed by atoms with Gasteiger partial charge < -0.3 is 0 Å².